The average molecular weight is 605 g/mol. The van der Waals surface area contributed by atoms with Gasteiger partial charge in [-0.1, -0.05) is 93.6 Å². The molecule has 0 spiro atoms. The maximum Gasteiger partial charge on any atom is 0.343 e. The summed E-state index contributed by atoms with van der Waals surface area (Å²) in [7, 11) is -6.18. The van der Waals surface area contributed by atoms with Gasteiger partial charge in [0, 0.05) is 0 Å². The fraction of sp³-hybridized carbons (Fsp3) is 0.242. The molecule has 4 aromatic rings. The number of carbonyl (C=O) groups is 1. The number of rotatable bonds is 12. The highest BCUT2D eigenvalue weighted by Gasteiger charge is 2.50. The first-order valence-electron chi connectivity index (χ1n) is 13.6. The van der Waals surface area contributed by atoms with Crippen LogP contribution in [0.2, 0.25) is 5.04 Å². The van der Waals surface area contributed by atoms with Crippen molar-refractivity contribution in [2.75, 3.05) is 19.5 Å². The lowest BCUT2D eigenvalue weighted by molar-refractivity contribution is 0.0734. The lowest BCUT2D eigenvalue weighted by Crippen LogP contribution is -2.66. The second-order valence-corrected chi connectivity index (χ2v) is 16.8. The normalized spacial score (nSPS) is 12.1. The fourth-order valence-corrected chi connectivity index (χ4v) is 9.71. The van der Waals surface area contributed by atoms with Crippen LogP contribution in [-0.2, 0) is 25.3 Å². The standard InChI is InChI=1S/C33H36O7SSi/c1-33(2,3)42(30-11-7-5-8-12-30,31-13-9-6-10-14-31)39-25-26-15-19-29(20-16-26)40-32(34)27-17-21-28(22-18-27)37-23-24-38-41(4,35)36/h5-22H,23-25H2,1-4H3. The van der Waals surface area contributed by atoms with Gasteiger partial charge in [0.1, 0.15) is 24.7 Å². The van der Waals surface area contributed by atoms with Crippen LogP contribution in [0.4, 0.5) is 0 Å². The van der Waals surface area contributed by atoms with E-state index in [0.717, 1.165) is 11.8 Å². The second kappa shape index (κ2) is 13.5. The molecule has 7 nitrogen and oxygen atoms in total. The van der Waals surface area contributed by atoms with Gasteiger partial charge in [0.25, 0.3) is 18.4 Å². The topological polar surface area (TPSA) is 88.1 Å². The van der Waals surface area contributed by atoms with Gasteiger partial charge < -0.3 is 13.9 Å². The number of ether oxygens (including phenoxy) is 2. The van der Waals surface area contributed by atoms with Gasteiger partial charge in [-0.25, -0.2) is 4.79 Å². The molecule has 4 rings (SSSR count). The summed E-state index contributed by atoms with van der Waals surface area (Å²) in [6.45, 7) is 7.11. The summed E-state index contributed by atoms with van der Waals surface area (Å²) in [5.74, 6) is 0.402. The van der Waals surface area contributed by atoms with Crippen molar-refractivity contribution in [3.63, 3.8) is 0 Å². The molecule has 0 unspecified atom stereocenters. The third-order valence-corrected chi connectivity index (χ3v) is 12.3. The lowest BCUT2D eigenvalue weighted by atomic mass is 10.2. The smallest absolute Gasteiger partial charge is 0.343 e. The summed E-state index contributed by atoms with van der Waals surface area (Å²) in [6.07, 6.45) is 0.978. The van der Waals surface area contributed by atoms with Crippen molar-refractivity contribution in [3.05, 3.63) is 120 Å². The molecule has 0 aliphatic carbocycles. The molecule has 4 aromatic carbocycles. The molecule has 42 heavy (non-hydrogen) atoms. The lowest BCUT2D eigenvalue weighted by Gasteiger charge is -2.43. The van der Waals surface area contributed by atoms with E-state index in [-0.39, 0.29) is 18.3 Å². The molecule has 0 saturated carbocycles. The van der Waals surface area contributed by atoms with Crippen LogP contribution in [0.1, 0.15) is 36.7 Å². The van der Waals surface area contributed by atoms with Crippen LogP contribution in [0.15, 0.2) is 109 Å². The van der Waals surface area contributed by atoms with E-state index in [1.165, 1.54) is 10.4 Å². The van der Waals surface area contributed by atoms with Gasteiger partial charge in [-0.2, -0.15) is 8.42 Å². The molecular formula is C33H36O7SSi. The Morgan fingerprint density at radius 2 is 1.24 bits per heavy atom. The summed E-state index contributed by atoms with van der Waals surface area (Å²) in [5.41, 5.74) is 1.33. The van der Waals surface area contributed by atoms with Gasteiger partial charge in [0.05, 0.1) is 18.4 Å². The molecule has 0 fully saturated rings. The Morgan fingerprint density at radius 3 is 1.74 bits per heavy atom. The van der Waals surface area contributed by atoms with Crippen LogP contribution in [0, 0.1) is 0 Å². The number of carbonyl (C=O) groups excluding carboxylic acids is 1. The first-order valence-corrected chi connectivity index (χ1v) is 17.3. The molecule has 0 bridgehead atoms. The van der Waals surface area contributed by atoms with Crippen molar-refractivity contribution in [2.45, 2.75) is 32.4 Å². The highest BCUT2D eigenvalue weighted by Crippen LogP contribution is 2.37. The molecule has 0 atom stereocenters. The average Bonchev–Trinajstić information content (AvgIpc) is 2.97. The number of hydrogen-bond acceptors (Lipinski definition) is 7. The van der Waals surface area contributed by atoms with Gasteiger partial charge in [-0.05, 0) is 57.4 Å². The highest BCUT2D eigenvalue weighted by atomic mass is 32.2. The molecule has 0 aliphatic rings. The van der Waals surface area contributed by atoms with Crippen molar-refractivity contribution in [1.29, 1.82) is 0 Å². The first kappa shape index (κ1) is 31.2. The first-order chi connectivity index (χ1) is 20.0. The van der Waals surface area contributed by atoms with Crippen LogP contribution < -0.4 is 19.8 Å². The van der Waals surface area contributed by atoms with Gasteiger partial charge in [-0.3, -0.25) is 4.18 Å². The van der Waals surface area contributed by atoms with Crippen molar-refractivity contribution < 1.29 is 31.3 Å². The maximum absolute atomic E-state index is 12.7. The quantitative estimate of drug-likeness (QED) is 0.0710. The summed E-state index contributed by atoms with van der Waals surface area (Å²) in [4.78, 5) is 12.7. The van der Waals surface area contributed by atoms with E-state index < -0.39 is 24.4 Å². The van der Waals surface area contributed by atoms with E-state index in [1.54, 1.807) is 36.4 Å². The third kappa shape index (κ3) is 7.95. The monoisotopic (exact) mass is 604 g/mol. The highest BCUT2D eigenvalue weighted by molar-refractivity contribution is 7.85. The van der Waals surface area contributed by atoms with Gasteiger partial charge >= 0.3 is 5.97 Å². The number of esters is 1. The van der Waals surface area contributed by atoms with Crippen molar-refractivity contribution in [2.24, 2.45) is 0 Å². The molecule has 0 saturated heterocycles. The Bertz CT molecular complexity index is 1510. The maximum atomic E-state index is 12.7. The largest absolute Gasteiger partial charge is 0.491 e. The van der Waals surface area contributed by atoms with Crippen LogP contribution >= 0.6 is 0 Å². The Balaban J connectivity index is 1.41. The van der Waals surface area contributed by atoms with Crippen LogP contribution in [-0.4, -0.2) is 42.2 Å². The summed E-state index contributed by atoms with van der Waals surface area (Å²) >= 11 is 0. The Labute approximate surface area is 249 Å². The van der Waals surface area contributed by atoms with Crippen LogP contribution in [0.3, 0.4) is 0 Å². The second-order valence-electron chi connectivity index (χ2n) is 10.9. The number of benzene rings is 4. The van der Waals surface area contributed by atoms with E-state index >= 15 is 0 Å². The zero-order chi connectivity index (χ0) is 30.2. The summed E-state index contributed by atoms with van der Waals surface area (Å²) in [5, 5.41) is 2.30. The Hall–Kier alpha value is -3.76. The van der Waals surface area contributed by atoms with Crippen molar-refractivity contribution in [1.82, 2.24) is 0 Å². The third-order valence-electron chi connectivity index (χ3n) is 6.75. The van der Waals surface area contributed by atoms with Gasteiger partial charge in [0.15, 0.2) is 0 Å². The van der Waals surface area contributed by atoms with E-state index in [0.29, 0.717) is 23.7 Å². The van der Waals surface area contributed by atoms with Crippen molar-refractivity contribution >= 4 is 34.8 Å². The predicted octanol–water partition coefficient (Wildman–Crippen LogP) is 5.34. The zero-order valence-electron chi connectivity index (χ0n) is 24.3. The van der Waals surface area contributed by atoms with E-state index in [1.807, 2.05) is 24.3 Å². The zero-order valence-corrected chi connectivity index (χ0v) is 26.1. The van der Waals surface area contributed by atoms with Crippen LogP contribution in [0.5, 0.6) is 11.5 Å². The molecule has 0 radical (unpaired) electrons. The van der Waals surface area contributed by atoms with Gasteiger partial charge in [0.2, 0.25) is 0 Å². The predicted molar refractivity (Wildman–Crippen MR) is 167 cm³/mol. The van der Waals surface area contributed by atoms with E-state index in [4.69, 9.17) is 13.9 Å². The molecular weight excluding hydrogens is 569 g/mol. The molecule has 0 N–H and O–H groups in total. The number of hydrogen-bond donors (Lipinski definition) is 0. The molecule has 0 aromatic heterocycles. The minimum atomic E-state index is -3.51. The Morgan fingerprint density at radius 1 is 0.714 bits per heavy atom. The minimum Gasteiger partial charge on any atom is -0.491 e. The van der Waals surface area contributed by atoms with Gasteiger partial charge in [-0.15, -0.1) is 0 Å². The van der Waals surface area contributed by atoms with E-state index in [2.05, 4.69) is 73.5 Å². The minimum absolute atomic E-state index is 0.0585. The molecule has 9 heteroatoms. The van der Waals surface area contributed by atoms with Crippen molar-refractivity contribution in [3.8, 4) is 11.5 Å². The summed E-state index contributed by atoms with van der Waals surface area (Å²) in [6, 6.07) is 34.7. The molecule has 0 amide bonds. The Kier molecular flexibility index (Phi) is 10.0. The molecule has 0 heterocycles. The van der Waals surface area contributed by atoms with Crippen LogP contribution in [0.25, 0.3) is 0 Å². The molecule has 0 aliphatic heterocycles. The molecule has 220 valence electrons. The SMILES string of the molecule is CC(C)(C)[Si](OCc1ccc(OC(=O)c2ccc(OCCOS(C)(=O)=O)cc2)cc1)(c1ccccc1)c1ccccc1. The summed E-state index contributed by atoms with van der Waals surface area (Å²) < 4.78 is 44.7. The fourth-order valence-electron chi connectivity index (χ4n) is 4.81. The van der Waals surface area contributed by atoms with E-state index in [9.17, 15) is 13.2 Å².